The van der Waals surface area contributed by atoms with Crippen molar-refractivity contribution in [1.29, 1.82) is 0 Å². The summed E-state index contributed by atoms with van der Waals surface area (Å²) < 4.78 is 0. The van der Waals surface area contributed by atoms with E-state index in [1.165, 1.54) is 12.8 Å². The van der Waals surface area contributed by atoms with Crippen LogP contribution >= 0.6 is 11.6 Å². The standard InChI is InChI=1S/C14H14ClN3O/c15-11-3-1-2-10(6-11)13-12(8-17-18-13)14(19)16-7-9-4-5-9/h1-3,6,8-9H,4-5,7H2,(H,16,19)(H,17,18). The van der Waals surface area contributed by atoms with Crippen LogP contribution in [0.3, 0.4) is 0 Å². The first-order valence-corrected chi connectivity index (χ1v) is 6.69. The molecule has 0 unspecified atom stereocenters. The van der Waals surface area contributed by atoms with E-state index in [1.807, 2.05) is 18.2 Å². The van der Waals surface area contributed by atoms with E-state index in [4.69, 9.17) is 11.6 Å². The van der Waals surface area contributed by atoms with Gasteiger partial charge in [-0.3, -0.25) is 9.89 Å². The van der Waals surface area contributed by atoms with E-state index in [9.17, 15) is 4.79 Å². The Morgan fingerprint density at radius 3 is 3.05 bits per heavy atom. The number of halogens is 1. The summed E-state index contributed by atoms with van der Waals surface area (Å²) in [5.74, 6) is 0.570. The Bertz CT molecular complexity index is 604. The molecule has 1 saturated carbocycles. The van der Waals surface area contributed by atoms with Gasteiger partial charge >= 0.3 is 0 Å². The normalized spacial score (nSPS) is 14.4. The van der Waals surface area contributed by atoms with E-state index in [0.29, 0.717) is 22.2 Å². The van der Waals surface area contributed by atoms with Gasteiger partial charge in [0.15, 0.2) is 0 Å². The van der Waals surface area contributed by atoms with Gasteiger partial charge in [-0.15, -0.1) is 0 Å². The van der Waals surface area contributed by atoms with Crippen LogP contribution < -0.4 is 5.32 Å². The summed E-state index contributed by atoms with van der Waals surface area (Å²) in [6.45, 7) is 0.749. The Morgan fingerprint density at radius 1 is 1.47 bits per heavy atom. The first kappa shape index (κ1) is 12.2. The van der Waals surface area contributed by atoms with E-state index in [0.717, 1.165) is 12.1 Å². The van der Waals surface area contributed by atoms with Crippen LogP contribution in [0.4, 0.5) is 0 Å². The summed E-state index contributed by atoms with van der Waals surface area (Å²) in [6, 6.07) is 7.36. The molecule has 3 rings (SSSR count). The zero-order chi connectivity index (χ0) is 13.2. The van der Waals surface area contributed by atoms with E-state index in [-0.39, 0.29) is 5.91 Å². The van der Waals surface area contributed by atoms with E-state index in [2.05, 4.69) is 15.5 Å². The second kappa shape index (κ2) is 5.05. The van der Waals surface area contributed by atoms with Gasteiger partial charge in [-0.25, -0.2) is 0 Å². The lowest BCUT2D eigenvalue weighted by atomic mass is 10.1. The second-order valence-electron chi connectivity index (χ2n) is 4.82. The van der Waals surface area contributed by atoms with Crippen LogP contribution in [0.5, 0.6) is 0 Å². The molecule has 0 radical (unpaired) electrons. The lowest BCUT2D eigenvalue weighted by Gasteiger charge is -2.05. The van der Waals surface area contributed by atoms with Crippen LogP contribution in [0.15, 0.2) is 30.5 Å². The van der Waals surface area contributed by atoms with Gasteiger partial charge in [0.05, 0.1) is 17.5 Å². The van der Waals surface area contributed by atoms with Crippen molar-refractivity contribution in [3.63, 3.8) is 0 Å². The first-order chi connectivity index (χ1) is 9.24. The third-order valence-corrected chi connectivity index (χ3v) is 3.48. The van der Waals surface area contributed by atoms with Gasteiger partial charge in [-0.1, -0.05) is 23.7 Å². The molecule has 0 aliphatic heterocycles. The van der Waals surface area contributed by atoms with Crippen molar-refractivity contribution in [2.45, 2.75) is 12.8 Å². The average Bonchev–Trinajstić information content (AvgIpc) is 3.10. The zero-order valence-corrected chi connectivity index (χ0v) is 11.1. The predicted octanol–water partition coefficient (Wildman–Crippen LogP) is 2.87. The number of amides is 1. The number of hydrogen-bond donors (Lipinski definition) is 2. The molecule has 1 aromatic carbocycles. The average molecular weight is 276 g/mol. The van der Waals surface area contributed by atoms with Gasteiger partial charge in [0.25, 0.3) is 5.91 Å². The van der Waals surface area contributed by atoms with E-state index >= 15 is 0 Å². The lowest BCUT2D eigenvalue weighted by Crippen LogP contribution is -2.25. The molecular formula is C14H14ClN3O. The topological polar surface area (TPSA) is 57.8 Å². The summed E-state index contributed by atoms with van der Waals surface area (Å²) >= 11 is 5.97. The monoisotopic (exact) mass is 275 g/mol. The van der Waals surface area contributed by atoms with Crippen LogP contribution in [0.25, 0.3) is 11.3 Å². The number of H-pyrrole nitrogens is 1. The number of nitrogens with one attached hydrogen (secondary N) is 2. The van der Waals surface area contributed by atoms with Crippen LogP contribution in [-0.2, 0) is 0 Å². The SMILES string of the molecule is O=C(NCC1CC1)c1cn[nH]c1-c1cccc(Cl)c1. The second-order valence-corrected chi connectivity index (χ2v) is 5.26. The Kier molecular flexibility index (Phi) is 3.25. The number of benzene rings is 1. The van der Waals surface area contributed by atoms with Gasteiger partial charge in [0, 0.05) is 17.1 Å². The fourth-order valence-electron chi connectivity index (χ4n) is 1.98. The molecule has 0 spiro atoms. The van der Waals surface area contributed by atoms with E-state index in [1.54, 1.807) is 12.3 Å². The summed E-state index contributed by atoms with van der Waals surface area (Å²) in [6.07, 6.45) is 3.98. The fourth-order valence-corrected chi connectivity index (χ4v) is 2.17. The molecule has 1 fully saturated rings. The molecule has 5 heteroatoms. The molecule has 1 aromatic heterocycles. The minimum absolute atomic E-state index is 0.0874. The molecule has 4 nitrogen and oxygen atoms in total. The van der Waals surface area contributed by atoms with Gasteiger partial charge < -0.3 is 5.32 Å². The third-order valence-electron chi connectivity index (χ3n) is 3.25. The maximum absolute atomic E-state index is 12.1. The number of carbonyl (C=O) groups excluding carboxylic acids is 1. The molecule has 0 atom stereocenters. The molecule has 19 heavy (non-hydrogen) atoms. The molecule has 1 heterocycles. The van der Waals surface area contributed by atoms with E-state index < -0.39 is 0 Å². The first-order valence-electron chi connectivity index (χ1n) is 6.31. The smallest absolute Gasteiger partial charge is 0.255 e. The summed E-state index contributed by atoms with van der Waals surface area (Å²) in [5, 5.41) is 10.4. The molecule has 1 aliphatic rings. The summed E-state index contributed by atoms with van der Waals surface area (Å²) in [7, 11) is 0. The largest absolute Gasteiger partial charge is 0.352 e. The number of nitrogens with zero attached hydrogens (tertiary/aromatic N) is 1. The highest BCUT2D eigenvalue weighted by Crippen LogP contribution is 2.28. The van der Waals surface area contributed by atoms with Gasteiger partial charge in [0.2, 0.25) is 0 Å². The molecule has 0 saturated heterocycles. The zero-order valence-electron chi connectivity index (χ0n) is 10.3. The number of hydrogen-bond acceptors (Lipinski definition) is 2. The fraction of sp³-hybridized carbons (Fsp3) is 0.286. The molecule has 1 aliphatic carbocycles. The molecule has 1 amide bonds. The summed E-state index contributed by atoms with van der Waals surface area (Å²) in [5.41, 5.74) is 2.13. The van der Waals surface area contributed by atoms with Crippen LogP contribution in [-0.4, -0.2) is 22.6 Å². The highest BCUT2D eigenvalue weighted by atomic mass is 35.5. The van der Waals surface area contributed by atoms with Gasteiger partial charge in [-0.05, 0) is 30.9 Å². The molecule has 2 aromatic rings. The maximum atomic E-state index is 12.1. The Labute approximate surface area is 116 Å². The van der Waals surface area contributed by atoms with Crippen molar-refractivity contribution >= 4 is 17.5 Å². The Morgan fingerprint density at radius 2 is 2.32 bits per heavy atom. The quantitative estimate of drug-likeness (QED) is 0.901. The maximum Gasteiger partial charge on any atom is 0.255 e. The summed E-state index contributed by atoms with van der Waals surface area (Å²) in [4.78, 5) is 12.1. The number of aromatic amines is 1. The molecular weight excluding hydrogens is 262 g/mol. The highest BCUT2D eigenvalue weighted by molar-refractivity contribution is 6.30. The molecule has 0 bridgehead atoms. The number of rotatable bonds is 4. The van der Waals surface area contributed by atoms with Crippen molar-refractivity contribution < 1.29 is 4.79 Å². The van der Waals surface area contributed by atoms with Crippen molar-refractivity contribution in [1.82, 2.24) is 15.5 Å². The number of carbonyl (C=O) groups is 1. The van der Waals surface area contributed by atoms with Gasteiger partial charge in [-0.2, -0.15) is 5.10 Å². The van der Waals surface area contributed by atoms with Crippen molar-refractivity contribution in [3.8, 4) is 11.3 Å². The van der Waals surface area contributed by atoms with Crippen LogP contribution in [0, 0.1) is 5.92 Å². The van der Waals surface area contributed by atoms with Crippen molar-refractivity contribution in [2.24, 2.45) is 5.92 Å². The Hall–Kier alpha value is -1.81. The minimum atomic E-state index is -0.0874. The molecule has 98 valence electrons. The van der Waals surface area contributed by atoms with Crippen molar-refractivity contribution in [3.05, 3.63) is 41.0 Å². The Balaban J connectivity index is 1.82. The number of aromatic nitrogens is 2. The van der Waals surface area contributed by atoms with Crippen molar-refractivity contribution in [2.75, 3.05) is 6.54 Å². The molecule has 2 N–H and O–H groups in total. The lowest BCUT2D eigenvalue weighted by molar-refractivity contribution is 0.0952. The van der Waals surface area contributed by atoms with Gasteiger partial charge in [0.1, 0.15) is 0 Å². The minimum Gasteiger partial charge on any atom is -0.352 e. The predicted molar refractivity (Wildman–Crippen MR) is 74.1 cm³/mol. The highest BCUT2D eigenvalue weighted by Gasteiger charge is 2.23. The van der Waals surface area contributed by atoms with Crippen LogP contribution in [0.2, 0.25) is 5.02 Å². The third kappa shape index (κ3) is 2.79. The van der Waals surface area contributed by atoms with Crippen LogP contribution in [0.1, 0.15) is 23.2 Å².